The lowest BCUT2D eigenvalue weighted by Crippen LogP contribution is -2.29. The topological polar surface area (TPSA) is 114 Å². The number of ether oxygens (including phenoxy) is 1. The van der Waals surface area contributed by atoms with Crippen LogP contribution in [0, 0.1) is 0 Å². The Labute approximate surface area is 228 Å². The van der Waals surface area contributed by atoms with Gasteiger partial charge < -0.3 is 20.3 Å². The summed E-state index contributed by atoms with van der Waals surface area (Å²) in [4.78, 5) is 11.2. The van der Waals surface area contributed by atoms with Crippen molar-refractivity contribution in [3.63, 3.8) is 0 Å². The van der Waals surface area contributed by atoms with Gasteiger partial charge in [-0.1, -0.05) is 17.7 Å². The van der Waals surface area contributed by atoms with Crippen molar-refractivity contribution in [2.75, 3.05) is 37.9 Å². The van der Waals surface area contributed by atoms with Crippen LogP contribution in [0.3, 0.4) is 0 Å². The zero-order valence-corrected chi connectivity index (χ0v) is 23.7. The van der Waals surface area contributed by atoms with Crippen LogP contribution in [0.4, 0.5) is 23.1 Å². The number of aromatic nitrogens is 4. The molecule has 1 aromatic carbocycles. The first kappa shape index (κ1) is 26.7. The number of nitrogens with one attached hydrogen (secondary N) is 2. The van der Waals surface area contributed by atoms with E-state index in [-0.39, 0.29) is 21.9 Å². The molecule has 1 aliphatic carbocycles. The van der Waals surface area contributed by atoms with E-state index in [1.165, 1.54) is 11.8 Å². The van der Waals surface area contributed by atoms with Crippen molar-refractivity contribution >= 4 is 44.6 Å². The maximum atomic E-state index is 13.0. The quantitative estimate of drug-likeness (QED) is 0.367. The second-order valence-electron chi connectivity index (χ2n) is 10.3. The molecule has 2 fully saturated rings. The van der Waals surface area contributed by atoms with Gasteiger partial charge in [0, 0.05) is 0 Å². The smallest absolute Gasteiger partial charge is 0.229 e. The Balaban J connectivity index is 1.40. The van der Waals surface area contributed by atoms with Gasteiger partial charge in [0.05, 0.1) is 42.2 Å². The normalized spacial score (nSPS) is 17.1. The van der Waals surface area contributed by atoms with Gasteiger partial charge in [0.1, 0.15) is 10.8 Å². The summed E-state index contributed by atoms with van der Waals surface area (Å²) < 4.78 is 33.4. The molecule has 204 valence electrons. The first-order valence-corrected chi connectivity index (χ1v) is 14.8. The molecular weight excluding hydrogens is 526 g/mol. The number of rotatable bonds is 9. The van der Waals surface area contributed by atoms with Crippen LogP contribution >= 0.6 is 11.6 Å². The molecular formula is C26H34ClN7O3S. The maximum absolute atomic E-state index is 13.0. The molecule has 0 spiro atoms. The molecule has 0 atom stereocenters. The number of methoxy groups -OCH3 is 1. The number of benzene rings is 1. The number of likely N-dealkylation sites (tertiary alicyclic amines) is 1. The van der Waals surface area contributed by atoms with Crippen molar-refractivity contribution in [1.82, 2.24) is 24.6 Å². The van der Waals surface area contributed by atoms with Crippen molar-refractivity contribution in [3.8, 4) is 5.75 Å². The molecule has 2 aliphatic rings. The molecule has 38 heavy (non-hydrogen) atoms. The second kappa shape index (κ2) is 10.7. The minimum Gasteiger partial charge on any atom is -0.495 e. The Morgan fingerprint density at radius 1 is 1.11 bits per heavy atom. The van der Waals surface area contributed by atoms with E-state index in [2.05, 4.69) is 49.8 Å². The van der Waals surface area contributed by atoms with Crippen molar-refractivity contribution in [3.05, 3.63) is 41.2 Å². The molecule has 3 aromatic rings. The lowest BCUT2D eigenvalue weighted by molar-refractivity contribution is 0.255. The summed E-state index contributed by atoms with van der Waals surface area (Å²) in [7, 11) is 0.171. The van der Waals surface area contributed by atoms with Crippen molar-refractivity contribution in [2.24, 2.45) is 0 Å². The predicted octanol–water partition coefficient (Wildman–Crippen LogP) is 5.15. The molecule has 1 saturated heterocycles. The van der Waals surface area contributed by atoms with Crippen LogP contribution < -0.4 is 15.4 Å². The minimum atomic E-state index is -3.63. The zero-order valence-electron chi connectivity index (χ0n) is 22.1. The van der Waals surface area contributed by atoms with Crippen molar-refractivity contribution in [2.45, 2.75) is 61.8 Å². The van der Waals surface area contributed by atoms with Gasteiger partial charge in [0.15, 0.2) is 5.82 Å². The molecule has 0 radical (unpaired) electrons. The van der Waals surface area contributed by atoms with Crippen LogP contribution in [0.15, 0.2) is 35.6 Å². The molecule has 1 saturated carbocycles. The average molecular weight is 560 g/mol. The summed E-state index contributed by atoms with van der Waals surface area (Å²) in [5, 5.41) is 10.3. The molecule has 0 amide bonds. The van der Waals surface area contributed by atoms with Gasteiger partial charge in [-0.05, 0) is 83.3 Å². The van der Waals surface area contributed by atoms with Crippen LogP contribution in [0.1, 0.15) is 57.1 Å². The fraction of sp³-hybridized carbons (Fsp3) is 0.500. The van der Waals surface area contributed by atoms with Gasteiger partial charge in [-0.3, -0.25) is 4.68 Å². The standard InChI is InChI=1S/C26H34ClN7O3S/c1-16(2)38(35,36)25-22(15-34(32-25)19-6-7-19)29-24-20(27)14-28-26(31-24)30-21-8-5-18(13-23(21)37-4)17-9-11-33(3)12-10-17/h5,8,13-17,19H,6-7,9-12H2,1-4H3,(H2,28,29,30,31). The van der Waals surface area contributed by atoms with E-state index in [0.29, 0.717) is 23.3 Å². The number of nitrogens with zero attached hydrogens (tertiary/aromatic N) is 5. The summed E-state index contributed by atoms with van der Waals surface area (Å²) in [6.07, 6.45) is 7.37. The fourth-order valence-electron chi connectivity index (χ4n) is 4.59. The number of hydrogen-bond acceptors (Lipinski definition) is 9. The number of halogens is 1. The third-order valence-electron chi connectivity index (χ3n) is 7.17. The summed E-state index contributed by atoms with van der Waals surface area (Å²) in [5.41, 5.74) is 2.32. The van der Waals surface area contributed by atoms with Crippen LogP contribution in [-0.4, -0.2) is 65.6 Å². The van der Waals surface area contributed by atoms with Gasteiger partial charge in [0.2, 0.25) is 20.8 Å². The summed E-state index contributed by atoms with van der Waals surface area (Å²) in [6, 6.07) is 6.38. The highest BCUT2D eigenvalue weighted by molar-refractivity contribution is 7.92. The van der Waals surface area contributed by atoms with Gasteiger partial charge in [-0.25, -0.2) is 13.4 Å². The van der Waals surface area contributed by atoms with Crippen LogP contribution in [-0.2, 0) is 9.84 Å². The summed E-state index contributed by atoms with van der Waals surface area (Å²) in [5.74, 6) is 1.78. The van der Waals surface area contributed by atoms with Crippen LogP contribution in [0.2, 0.25) is 5.02 Å². The Bertz CT molecular complexity index is 1410. The highest BCUT2D eigenvalue weighted by atomic mass is 35.5. The largest absolute Gasteiger partial charge is 0.495 e. The van der Waals surface area contributed by atoms with Gasteiger partial charge in [-0.15, -0.1) is 0 Å². The molecule has 1 aliphatic heterocycles. The Hall–Kier alpha value is -2.89. The number of hydrogen-bond donors (Lipinski definition) is 2. The molecule has 0 unspecified atom stereocenters. The first-order chi connectivity index (χ1) is 18.2. The maximum Gasteiger partial charge on any atom is 0.229 e. The number of sulfone groups is 1. The van der Waals surface area contributed by atoms with E-state index >= 15 is 0 Å². The van der Waals surface area contributed by atoms with E-state index in [1.54, 1.807) is 31.8 Å². The van der Waals surface area contributed by atoms with E-state index in [9.17, 15) is 8.42 Å². The Morgan fingerprint density at radius 2 is 1.84 bits per heavy atom. The van der Waals surface area contributed by atoms with E-state index in [4.69, 9.17) is 16.3 Å². The van der Waals surface area contributed by atoms with Gasteiger partial charge in [-0.2, -0.15) is 10.1 Å². The van der Waals surface area contributed by atoms with Gasteiger partial charge >= 0.3 is 0 Å². The third kappa shape index (κ3) is 5.60. The highest BCUT2D eigenvalue weighted by Gasteiger charge is 2.32. The lowest BCUT2D eigenvalue weighted by Gasteiger charge is -2.29. The summed E-state index contributed by atoms with van der Waals surface area (Å²) in [6.45, 7) is 5.45. The minimum absolute atomic E-state index is 0.00486. The van der Waals surface area contributed by atoms with Crippen LogP contribution in [0.25, 0.3) is 0 Å². The molecule has 10 nitrogen and oxygen atoms in total. The Morgan fingerprint density at radius 3 is 2.50 bits per heavy atom. The van der Waals surface area contributed by atoms with E-state index in [0.717, 1.165) is 44.5 Å². The Kier molecular flexibility index (Phi) is 7.52. The van der Waals surface area contributed by atoms with E-state index in [1.807, 2.05) is 6.07 Å². The predicted molar refractivity (Wildman–Crippen MR) is 149 cm³/mol. The van der Waals surface area contributed by atoms with E-state index < -0.39 is 15.1 Å². The van der Waals surface area contributed by atoms with Crippen molar-refractivity contribution < 1.29 is 13.2 Å². The molecule has 3 heterocycles. The molecule has 5 rings (SSSR count). The number of piperidine rings is 1. The molecule has 0 bridgehead atoms. The molecule has 2 aromatic heterocycles. The SMILES string of the molecule is COc1cc(C2CCN(C)CC2)ccc1Nc1ncc(Cl)c(Nc2cn(C3CC3)nc2S(=O)(=O)C(C)C)n1. The number of anilines is 4. The lowest BCUT2D eigenvalue weighted by atomic mass is 9.89. The van der Waals surface area contributed by atoms with Crippen molar-refractivity contribution in [1.29, 1.82) is 0 Å². The fourth-order valence-corrected chi connectivity index (χ4v) is 5.79. The first-order valence-electron chi connectivity index (χ1n) is 12.9. The monoisotopic (exact) mass is 559 g/mol. The average Bonchev–Trinajstić information content (AvgIpc) is 3.66. The zero-order chi connectivity index (χ0) is 27.0. The second-order valence-corrected chi connectivity index (χ2v) is 13.2. The summed E-state index contributed by atoms with van der Waals surface area (Å²) >= 11 is 6.42. The third-order valence-corrected chi connectivity index (χ3v) is 9.53. The van der Waals surface area contributed by atoms with Gasteiger partial charge in [0.25, 0.3) is 0 Å². The molecule has 12 heteroatoms. The van der Waals surface area contributed by atoms with Crippen LogP contribution in [0.5, 0.6) is 5.75 Å². The highest BCUT2D eigenvalue weighted by Crippen LogP contribution is 2.38. The molecule has 2 N–H and O–H groups in total.